The number of aryl methyl sites for hydroxylation is 1. The highest BCUT2D eigenvalue weighted by Gasteiger charge is 2.55. The van der Waals surface area contributed by atoms with Crippen LogP contribution in [0.15, 0.2) is 89.8 Å². The lowest BCUT2D eigenvalue weighted by atomic mass is 10.2. The number of sulfonamides is 1. The highest BCUT2D eigenvalue weighted by molar-refractivity contribution is 7.89. The van der Waals surface area contributed by atoms with Gasteiger partial charge in [0.15, 0.2) is 0 Å². The number of ether oxygens (including phenoxy) is 2. The Labute approximate surface area is 184 Å². The molecule has 1 aliphatic heterocycles. The van der Waals surface area contributed by atoms with Crippen LogP contribution in [0.2, 0.25) is 0 Å². The monoisotopic (exact) mass is 437 g/mol. The van der Waals surface area contributed by atoms with Crippen molar-refractivity contribution >= 4 is 10.0 Å². The lowest BCUT2D eigenvalue weighted by molar-refractivity contribution is 0.105. The maximum absolute atomic E-state index is 13.2. The van der Waals surface area contributed by atoms with Crippen molar-refractivity contribution in [2.75, 3.05) is 13.2 Å². The SMILES string of the molecule is Cc1ccc(S(=O)(=O)N2C(COCc3ccccc3)[C@@H]2COCc2ccccc2)cc1. The van der Waals surface area contributed by atoms with Crippen LogP contribution in [-0.2, 0) is 32.7 Å². The molecule has 1 aliphatic rings. The van der Waals surface area contributed by atoms with Gasteiger partial charge in [-0.25, -0.2) is 8.42 Å². The van der Waals surface area contributed by atoms with E-state index in [1.165, 1.54) is 4.31 Å². The number of hydrogen-bond donors (Lipinski definition) is 0. The van der Waals surface area contributed by atoms with E-state index >= 15 is 0 Å². The molecular formula is C25H27NO4S. The Hall–Kier alpha value is -2.51. The van der Waals surface area contributed by atoms with Crippen molar-refractivity contribution in [2.45, 2.75) is 37.1 Å². The normalized spacial score (nSPS) is 20.5. The third kappa shape index (κ3) is 5.40. The number of hydrogen-bond acceptors (Lipinski definition) is 4. The van der Waals surface area contributed by atoms with Gasteiger partial charge in [-0.3, -0.25) is 0 Å². The molecule has 3 aromatic rings. The van der Waals surface area contributed by atoms with Gasteiger partial charge in [-0.1, -0.05) is 78.4 Å². The first-order chi connectivity index (χ1) is 15.1. The van der Waals surface area contributed by atoms with Gasteiger partial charge >= 0.3 is 0 Å². The number of rotatable bonds is 10. The van der Waals surface area contributed by atoms with Crippen molar-refractivity contribution in [1.82, 2.24) is 4.31 Å². The molecule has 0 radical (unpaired) electrons. The molecule has 0 spiro atoms. The molecule has 0 aliphatic carbocycles. The number of benzene rings is 3. The van der Waals surface area contributed by atoms with Gasteiger partial charge < -0.3 is 9.47 Å². The van der Waals surface area contributed by atoms with Crippen LogP contribution in [0.5, 0.6) is 0 Å². The summed E-state index contributed by atoms with van der Waals surface area (Å²) >= 11 is 0. The second-order valence-electron chi connectivity index (χ2n) is 7.78. The zero-order chi connectivity index (χ0) is 21.7. The van der Waals surface area contributed by atoms with E-state index < -0.39 is 10.0 Å². The van der Waals surface area contributed by atoms with E-state index in [4.69, 9.17) is 9.47 Å². The molecule has 162 valence electrons. The molecule has 0 bridgehead atoms. The van der Waals surface area contributed by atoms with E-state index in [0.717, 1.165) is 16.7 Å². The fourth-order valence-corrected chi connectivity index (χ4v) is 5.40. The molecule has 5 nitrogen and oxygen atoms in total. The fourth-order valence-electron chi connectivity index (χ4n) is 3.61. The van der Waals surface area contributed by atoms with Crippen LogP contribution in [0.25, 0.3) is 0 Å². The molecule has 31 heavy (non-hydrogen) atoms. The molecule has 0 N–H and O–H groups in total. The molecule has 0 aromatic heterocycles. The highest BCUT2D eigenvalue weighted by Crippen LogP contribution is 2.36. The van der Waals surface area contributed by atoms with Crippen LogP contribution in [-0.4, -0.2) is 38.0 Å². The zero-order valence-corrected chi connectivity index (χ0v) is 18.4. The molecule has 1 fully saturated rings. The van der Waals surface area contributed by atoms with E-state index in [0.29, 0.717) is 31.3 Å². The van der Waals surface area contributed by atoms with Crippen molar-refractivity contribution in [1.29, 1.82) is 0 Å². The van der Waals surface area contributed by atoms with Crippen molar-refractivity contribution in [3.05, 3.63) is 102 Å². The molecule has 1 saturated heterocycles. The largest absolute Gasteiger partial charge is 0.375 e. The van der Waals surface area contributed by atoms with Gasteiger partial charge in [0, 0.05) is 0 Å². The average Bonchev–Trinajstić information content (AvgIpc) is 3.49. The van der Waals surface area contributed by atoms with Crippen molar-refractivity contribution in [3.8, 4) is 0 Å². The summed E-state index contributed by atoms with van der Waals surface area (Å²) in [5, 5.41) is 0. The molecule has 2 unspecified atom stereocenters. The Balaban J connectivity index is 1.41. The van der Waals surface area contributed by atoms with Crippen molar-refractivity contribution in [2.24, 2.45) is 0 Å². The second-order valence-corrected chi connectivity index (χ2v) is 9.63. The van der Waals surface area contributed by atoms with Crippen LogP contribution >= 0.6 is 0 Å². The first-order valence-corrected chi connectivity index (χ1v) is 11.8. The zero-order valence-electron chi connectivity index (χ0n) is 17.6. The van der Waals surface area contributed by atoms with E-state index in [9.17, 15) is 8.42 Å². The standard InChI is InChI=1S/C25H27NO4S/c1-20-12-14-23(15-13-20)31(27,28)26-24(18-29-16-21-8-4-2-5-9-21)25(26)19-30-17-22-10-6-3-7-11-22/h2-15,24-25H,16-19H2,1H3/t24-,25?,26?/m0/s1. The Morgan fingerprint density at radius 3 is 1.61 bits per heavy atom. The van der Waals surface area contributed by atoms with E-state index in [2.05, 4.69) is 0 Å². The van der Waals surface area contributed by atoms with E-state index in [1.807, 2.05) is 79.7 Å². The van der Waals surface area contributed by atoms with Crippen molar-refractivity contribution < 1.29 is 17.9 Å². The molecule has 0 saturated carbocycles. The summed E-state index contributed by atoms with van der Waals surface area (Å²) in [5.41, 5.74) is 3.15. The smallest absolute Gasteiger partial charge is 0.243 e. The summed E-state index contributed by atoms with van der Waals surface area (Å²) in [6, 6.07) is 26.2. The Morgan fingerprint density at radius 2 is 1.16 bits per heavy atom. The summed E-state index contributed by atoms with van der Waals surface area (Å²) in [5.74, 6) is 0. The Morgan fingerprint density at radius 1 is 0.710 bits per heavy atom. The van der Waals surface area contributed by atoms with Gasteiger partial charge in [0.2, 0.25) is 10.0 Å². The molecule has 3 atom stereocenters. The fraction of sp³-hybridized carbons (Fsp3) is 0.280. The minimum atomic E-state index is -3.60. The van der Waals surface area contributed by atoms with E-state index in [1.54, 1.807) is 12.1 Å². The first-order valence-electron chi connectivity index (χ1n) is 10.4. The summed E-state index contributed by atoms with van der Waals surface area (Å²) in [7, 11) is -3.60. The summed E-state index contributed by atoms with van der Waals surface area (Å²) < 4.78 is 39.7. The molecule has 3 aromatic carbocycles. The van der Waals surface area contributed by atoms with Crippen LogP contribution in [0, 0.1) is 6.92 Å². The third-order valence-corrected chi connectivity index (χ3v) is 7.37. The molecular weight excluding hydrogens is 410 g/mol. The molecule has 0 amide bonds. The first kappa shape index (κ1) is 21.7. The van der Waals surface area contributed by atoms with Gasteiger partial charge in [0.05, 0.1) is 43.4 Å². The number of nitrogens with zero attached hydrogens (tertiary/aromatic N) is 1. The quantitative estimate of drug-likeness (QED) is 0.447. The summed E-state index contributed by atoms with van der Waals surface area (Å²) in [4.78, 5) is 0.303. The predicted molar refractivity (Wildman–Crippen MR) is 120 cm³/mol. The van der Waals surface area contributed by atoms with Crippen LogP contribution in [0.1, 0.15) is 16.7 Å². The van der Waals surface area contributed by atoms with E-state index in [-0.39, 0.29) is 12.1 Å². The minimum absolute atomic E-state index is 0.231. The Bertz CT molecular complexity index is 1020. The van der Waals surface area contributed by atoms with Crippen LogP contribution < -0.4 is 0 Å². The van der Waals surface area contributed by atoms with Gasteiger partial charge in [0.25, 0.3) is 0 Å². The lowest BCUT2D eigenvalue weighted by Gasteiger charge is -2.08. The van der Waals surface area contributed by atoms with Crippen molar-refractivity contribution in [3.63, 3.8) is 0 Å². The third-order valence-electron chi connectivity index (χ3n) is 5.40. The summed E-state index contributed by atoms with van der Waals surface area (Å²) in [6.07, 6.45) is 0. The second kappa shape index (κ2) is 9.75. The average molecular weight is 438 g/mol. The van der Waals surface area contributed by atoms with Gasteiger partial charge in [-0.2, -0.15) is 4.31 Å². The molecule has 1 heterocycles. The molecule has 4 rings (SSSR count). The Kier molecular flexibility index (Phi) is 6.83. The van der Waals surface area contributed by atoms with Crippen LogP contribution in [0.4, 0.5) is 0 Å². The van der Waals surface area contributed by atoms with Gasteiger partial charge in [-0.05, 0) is 30.2 Å². The highest BCUT2D eigenvalue weighted by atomic mass is 32.2. The molecule has 6 heteroatoms. The summed E-state index contributed by atoms with van der Waals surface area (Å²) in [6.45, 7) is 3.51. The van der Waals surface area contributed by atoms with Gasteiger partial charge in [-0.15, -0.1) is 0 Å². The maximum Gasteiger partial charge on any atom is 0.243 e. The topological polar surface area (TPSA) is 55.6 Å². The lowest BCUT2D eigenvalue weighted by Crippen LogP contribution is -2.18. The van der Waals surface area contributed by atoms with Crippen LogP contribution in [0.3, 0.4) is 0 Å². The minimum Gasteiger partial charge on any atom is -0.375 e. The van der Waals surface area contributed by atoms with Gasteiger partial charge in [0.1, 0.15) is 0 Å². The predicted octanol–water partition coefficient (Wildman–Crippen LogP) is 4.17. The maximum atomic E-state index is 13.2.